The van der Waals surface area contributed by atoms with E-state index in [0.717, 1.165) is 0 Å². The molecule has 2 nitrogen and oxygen atoms in total. The third-order valence-corrected chi connectivity index (χ3v) is 1.13. The molecule has 0 saturated heterocycles. The van der Waals surface area contributed by atoms with Gasteiger partial charge in [-0.05, 0) is 33.8 Å². The fraction of sp³-hybridized carbons (Fsp3) is 0.778. The molecule has 0 unspecified atom stereocenters. The second kappa shape index (κ2) is 4.39. The van der Waals surface area contributed by atoms with Gasteiger partial charge in [-0.1, -0.05) is 0 Å². The van der Waals surface area contributed by atoms with E-state index in [9.17, 15) is 0 Å². The topological polar surface area (TPSA) is 21.3 Å². The van der Waals surface area contributed by atoms with Crippen molar-refractivity contribution in [3.8, 4) is 0 Å². The van der Waals surface area contributed by atoms with Gasteiger partial charge < -0.3 is 10.1 Å². The second-order valence-corrected chi connectivity index (χ2v) is 3.72. The summed E-state index contributed by atoms with van der Waals surface area (Å²) in [4.78, 5) is 0. The Bertz CT molecular complexity index is 133. The molecule has 0 aromatic carbocycles. The molecule has 0 atom stereocenters. The molecule has 0 aliphatic carbocycles. The molecule has 66 valence electrons. The maximum absolute atomic E-state index is 4.91. The molecule has 0 fully saturated rings. The highest BCUT2D eigenvalue weighted by molar-refractivity contribution is 4.99. The first kappa shape index (κ1) is 10.5. The summed E-state index contributed by atoms with van der Waals surface area (Å²) in [5.41, 5.74) is 1.31. The van der Waals surface area contributed by atoms with Gasteiger partial charge in [-0.25, -0.2) is 0 Å². The van der Waals surface area contributed by atoms with Crippen LogP contribution in [0.1, 0.15) is 27.7 Å². The van der Waals surface area contributed by atoms with Gasteiger partial charge in [0.05, 0.1) is 6.61 Å². The number of ether oxygens (including phenoxy) is 1. The molecular formula is C9H19NO. The van der Waals surface area contributed by atoms with Crippen LogP contribution in [-0.2, 0) is 4.74 Å². The van der Waals surface area contributed by atoms with Crippen LogP contribution >= 0.6 is 0 Å². The fourth-order valence-corrected chi connectivity index (χ4v) is 0.851. The number of methoxy groups -OCH3 is 1. The lowest BCUT2D eigenvalue weighted by atomic mass is 10.1. The van der Waals surface area contributed by atoms with E-state index in [-0.39, 0.29) is 5.54 Å². The van der Waals surface area contributed by atoms with Crippen molar-refractivity contribution >= 4 is 0 Å². The van der Waals surface area contributed by atoms with Gasteiger partial charge in [-0.3, -0.25) is 0 Å². The zero-order valence-corrected chi connectivity index (χ0v) is 8.19. The van der Waals surface area contributed by atoms with E-state index >= 15 is 0 Å². The standard InChI is InChI=1S/C9H19NO/c1-8(6-7-11-5)10-9(2,3)4/h6,10H,7H2,1-5H3/b8-6+. The molecule has 0 aliphatic rings. The average Bonchev–Trinajstić information content (AvgIpc) is 1.79. The molecule has 11 heavy (non-hydrogen) atoms. The molecule has 0 saturated carbocycles. The zero-order valence-electron chi connectivity index (χ0n) is 8.19. The van der Waals surface area contributed by atoms with Crippen molar-refractivity contribution in [2.45, 2.75) is 33.2 Å². The predicted octanol–water partition coefficient (Wildman–Crippen LogP) is 1.92. The number of hydrogen-bond acceptors (Lipinski definition) is 2. The Morgan fingerprint density at radius 1 is 1.45 bits per heavy atom. The van der Waals surface area contributed by atoms with E-state index in [1.807, 2.05) is 13.0 Å². The lowest BCUT2D eigenvalue weighted by Gasteiger charge is -2.22. The normalized spacial score (nSPS) is 13.4. The summed E-state index contributed by atoms with van der Waals surface area (Å²) in [5.74, 6) is 0. The van der Waals surface area contributed by atoms with Crippen LogP contribution in [0.3, 0.4) is 0 Å². The smallest absolute Gasteiger partial charge is 0.0663 e. The molecule has 0 aromatic rings. The van der Waals surface area contributed by atoms with E-state index in [2.05, 4.69) is 26.1 Å². The van der Waals surface area contributed by atoms with E-state index in [1.165, 1.54) is 5.70 Å². The largest absolute Gasteiger partial charge is 0.384 e. The van der Waals surface area contributed by atoms with Crippen molar-refractivity contribution in [1.82, 2.24) is 5.32 Å². The minimum atomic E-state index is 0.147. The Kier molecular flexibility index (Phi) is 4.19. The maximum atomic E-state index is 4.91. The fourth-order valence-electron chi connectivity index (χ4n) is 0.851. The van der Waals surface area contributed by atoms with Gasteiger partial charge in [-0.2, -0.15) is 0 Å². The van der Waals surface area contributed by atoms with Gasteiger partial charge in [0.1, 0.15) is 0 Å². The summed E-state index contributed by atoms with van der Waals surface area (Å²) in [5, 5.41) is 3.34. The summed E-state index contributed by atoms with van der Waals surface area (Å²) >= 11 is 0. The van der Waals surface area contributed by atoms with E-state index in [4.69, 9.17) is 4.74 Å². The first-order chi connectivity index (χ1) is 4.95. The minimum Gasteiger partial charge on any atom is -0.384 e. The average molecular weight is 157 g/mol. The molecule has 2 heteroatoms. The van der Waals surface area contributed by atoms with Gasteiger partial charge in [-0.15, -0.1) is 0 Å². The molecule has 0 rings (SSSR count). The summed E-state index contributed by atoms with van der Waals surface area (Å²) in [6, 6.07) is 0. The number of hydrogen-bond donors (Lipinski definition) is 1. The van der Waals surface area contributed by atoms with Crippen molar-refractivity contribution in [3.05, 3.63) is 11.8 Å². The monoisotopic (exact) mass is 157 g/mol. The molecule has 0 bridgehead atoms. The van der Waals surface area contributed by atoms with Crippen molar-refractivity contribution in [2.24, 2.45) is 0 Å². The van der Waals surface area contributed by atoms with Crippen LogP contribution in [0, 0.1) is 0 Å². The molecule has 0 spiro atoms. The van der Waals surface area contributed by atoms with Crippen molar-refractivity contribution in [3.63, 3.8) is 0 Å². The summed E-state index contributed by atoms with van der Waals surface area (Å²) in [6.07, 6.45) is 2.03. The molecular weight excluding hydrogens is 138 g/mol. The van der Waals surface area contributed by atoms with Gasteiger partial charge in [0.15, 0.2) is 0 Å². The van der Waals surface area contributed by atoms with E-state index < -0.39 is 0 Å². The predicted molar refractivity (Wildman–Crippen MR) is 48.5 cm³/mol. The number of nitrogens with one attached hydrogen (secondary N) is 1. The highest BCUT2D eigenvalue weighted by Crippen LogP contribution is 2.02. The van der Waals surface area contributed by atoms with Crippen LogP contribution in [0.5, 0.6) is 0 Å². The lowest BCUT2D eigenvalue weighted by molar-refractivity contribution is 0.232. The molecule has 0 amide bonds. The van der Waals surface area contributed by atoms with Gasteiger partial charge >= 0.3 is 0 Å². The highest BCUT2D eigenvalue weighted by Gasteiger charge is 2.07. The van der Waals surface area contributed by atoms with Crippen LogP contribution in [0.25, 0.3) is 0 Å². The van der Waals surface area contributed by atoms with Crippen molar-refractivity contribution in [1.29, 1.82) is 0 Å². The Labute approximate surface area is 69.6 Å². The van der Waals surface area contributed by atoms with Crippen LogP contribution in [-0.4, -0.2) is 19.3 Å². The maximum Gasteiger partial charge on any atom is 0.0663 e. The first-order valence-corrected chi connectivity index (χ1v) is 3.89. The molecule has 0 heterocycles. The minimum absolute atomic E-state index is 0.147. The number of rotatable bonds is 3. The SMILES string of the molecule is COC/C=C(\C)NC(C)(C)C. The van der Waals surface area contributed by atoms with Crippen LogP contribution in [0.2, 0.25) is 0 Å². The Balaban J connectivity index is 3.76. The Morgan fingerprint density at radius 3 is 2.36 bits per heavy atom. The first-order valence-electron chi connectivity index (χ1n) is 3.89. The quantitative estimate of drug-likeness (QED) is 0.676. The van der Waals surface area contributed by atoms with E-state index in [0.29, 0.717) is 6.61 Å². The Hall–Kier alpha value is -0.500. The van der Waals surface area contributed by atoms with Gasteiger partial charge in [0, 0.05) is 18.3 Å². The molecule has 0 aliphatic heterocycles. The van der Waals surface area contributed by atoms with Crippen LogP contribution in [0.4, 0.5) is 0 Å². The van der Waals surface area contributed by atoms with Gasteiger partial charge in [0.2, 0.25) is 0 Å². The third-order valence-electron chi connectivity index (χ3n) is 1.13. The zero-order chi connectivity index (χ0) is 8.91. The van der Waals surface area contributed by atoms with Crippen LogP contribution in [0.15, 0.2) is 11.8 Å². The van der Waals surface area contributed by atoms with Crippen LogP contribution < -0.4 is 5.32 Å². The summed E-state index contributed by atoms with van der Waals surface area (Å²) in [7, 11) is 1.70. The third kappa shape index (κ3) is 7.40. The Morgan fingerprint density at radius 2 is 2.00 bits per heavy atom. The molecule has 0 radical (unpaired) electrons. The lowest BCUT2D eigenvalue weighted by Crippen LogP contribution is -2.34. The second-order valence-electron chi connectivity index (χ2n) is 3.72. The van der Waals surface area contributed by atoms with Crippen molar-refractivity contribution in [2.75, 3.05) is 13.7 Å². The molecule has 1 N–H and O–H groups in total. The van der Waals surface area contributed by atoms with E-state index in [1.54, 1.807) is 7.11 Å². The summed E-state index contributed by atoms with van der Waals surface area (Å²) in [6.45, 7) is 9.13. The molecule has 0 aromatic heterocycles. The summed E-state index contributed by atoms with van der Waals surface area (Å²) < 4.78 is 4.91. The van der Waals surface area contributed by atoms with Crippen molar-refractivity contribution < 1.29 is 4.74 Å². The highest BCUT2D eigenvalue weighted by atomic mass is 16.5. The number of allylic oxidation sites excluding steroid dienone is 1. The van der Waals surface area contributed by atoms with Gasteiger partial charge in [0.25, 0.3) is 0 Å².